The molecule has 0 radical (unpaired) electrons. The van der Waals surface area contributed by atoms with E-state index in [1.165, 1.54) is 6.07 Å². The lowest BCUT2D eigenvalue weighted by atomic mass is 9.85. The first-order valence-electron chi connectivity index (χ1n) is 4.98. The van der Waals surface area contributed by atoms with Gasteiger partial charge in [-0.15, -0.1) is 0 Å². The molecule has 0 fully saturated rings. The number of hydrogen-bond acceptors (Lipinski definition) is 3. The fourth-order valence-electron chi connectivity index (χ4n) is 1.40. The lowest BCUT2D eigenvalue weighted by Gasteiger charge is -2.22. The van der Waals surface area contributed by atoms with Crippen LogP contribution in [0.2, 0.25) is 0 Å². The summed E-state index contributed by atoms with van der Waals surface area (Å²) in [7, 11) is 0. The van der Waals surface area contributed by atoms with Crippen LogP contribution >= 0.6 is 0 Å². The fraction of sp³-hybridized carbons (Fsp3) is 0.455. The molecule has 5 heteroatoms. The van der Waals surface area contributed by atoms with E-state index in [0.29, 0.717) is 18.5 Å². The number of nitro groups is 1. The standard InChI is InChI=1S/C11H15FN2O2/c1-11(2,7-13)6-8-5-9(14(15)16)3-4-10(8)12/h3-5H,6-7,13H2,1-2H3. The van der Waals surface area contributed by atoms with Gasteiger partial charge >= 0.3 is 0 Å². The second-order valence-corrected chi connectivity index (χ2v) is 4.58. The molecule has 16 heavy (non-hydrogen) atoms. The Balaban J connectivity index is 3.03. The van der Waals surface area contributed by atoms with Crippen LogP contribution in [-0.2, 0) is 6.42 Å². The van der Waals surface area contributed by atoms with Gasteiger partial charge in [0.2, 0.25) is 0 Å². The third kappa shape index (κ3) is 3.00. The van der Waals surface area contributed by atoms with Crippen LogP contribution in [0, 0.1) is 21.3 Å². The molecule has 0 spiro atoms. The van der Waals surface area contributed by atoms with Crippen molar-refractivity contribution >= 4 is 5.69 Å². The molecule has 88 valence electrons. The minimum absolute atomic E-state index is 0.0933. The van der Waals surface area contributed by atoms with E-state index in [-0.39, 0.29) is 11.1 Å². The van der Waals surface area contributed by atoms with Crippen LogP contribution in [0.5, 0.6) is 0 Å². The number of hydrogen-bond donors (Lipinski definition) is 1. The van der Waals surface area contributed by atoms with Crippen molar-refractivity contribution in [3.63, 3.8) is 0 Å². The van der Waals surface area contributed by atoms with Crippen molar-refractivity contribution in [1.82, 2.24) is 0 Å². The monoisotopic (exact) mass is 226 g/mol. The van der Waals surface area contributed by atoms with Crippen molar-refractivity contribution in [2.24, 2.45) is 11.1 Å². The molecule has 2 N–H and O–H groups in total. The maximum Gasteiger partial charge on any atom is 0.269 e. The van der Waals surface area contributed by atoms with Crippen molar-refractivity contribution in [3.05, 3.63) is 39.7 Å². The average molecular weight is 226 g/mol. The molecular formula is C11H15FN2O2. The van der Waals surface area contributed by atoms with Crippen molar-refractivity contribution in [2.45, 2.75) is 20.3 Å². The van der Waals surface area contributed by atoms with Crippen LogP contribution in [0.1, 0.15) is 19.4 Å². The lowest BCUT2D eigenvalue weighted by Crippen LogP contribution is -2.26. The van der Waals surface area contributed by atoms with E-state index >= 15 is 0 Å². The summed E-state index contributed by atoms with van der Waals surface area (Å²) in [6, 6.07) is 3.56. The molecule has 0 heterocycles. The molecule has 0 aromatic heterocycles. The first-order chi connectivity index (χ1) is 7.35. The summed E-state index contributed by atoms with van der Waals surface area (Å²) in [6.45, 7) is 4.19. The van der Waals surface area contributed by atoms with Gasteiger partial charge in [0.15, 0.2) is 0 Å². The molecule has 0 bridgehead atoms. The topological polar surface area (TPSA) is 69.2 Å². The highest BCUT2D eigenvalue weighted by Crippen LogP contribution is 2.25. The van der Waals surface area contributed by atoms with Gasteiger partial charge in [0.05, 0.1) is 4.92 Å². The van der Waals surface area contributed by atoms with Crippen molar-refractivity contribution in [2.75, 3.05) is 6.54 Å². The average Bonchev–Trinajstić information content (AvgIpc) is 2.21. The Morgan fingerprint density at radius 1 is 1.50 bits per heavy atom. The molecule has 0 unspecified atom stereocenters. The maximum absolute atomic E-state index is 13.4. The van der Waals surface area contributed by atoms with Gasteiger partial charge in [-0.25, -0.2) is 4.39 Å². The number of halogens is 1. The van der Waals surface area contributed by atoms with Crippen LogP contribution in [0.4, 0.5) is 10.1 Å². The van der Waals surface area contributed by atoms with Gasteiger partial charge in [-0.2, -0.15) is 0 Å². The first kappa shape index (κ1) is 12.6. The van der Waals surface area contributed by atoms with E-state index in [0.717, 1.165) is 12.1 Å². The Labute approximate surface area is 93.4 Å². The van der Waals surface area contributed by atoms with E-state index in [2.05, 4.69) is 0 Å². The summed E-state index contributed by atoms with van der Waals surface area (Å²) in [6.07, 6.45) is 0.386. The number of nitrogens with two attached hydrogens (primary N) is 1. The highest BCUT2D eigenvalue weighted by molar-refractivity contribution is 5.35. The molecule has 0 amide bonds. The van der Waals surface area contributed by atoms with Gasteiger partial charge in [0.1, 0.15) is 5.82 Å². The molecule has 0 aliphatic carbocycles. The zero-order valence-corrected chi connectivity index (χ0v) is 9.37. The lowest BCUT2D eigenvalue weighted by molar-refractivity contribution is -0.385. The summed E-state index contributed by atoms with van der Waals surface area (Å²) in [5.74, 6) is -0.424. The van der Waals surface area contributed by atoms with Crippen molar-refractivity contribution in [3.8, 4) is 0 Å². The van der Waals surface area contributed by atoms with E-state index in [9.17, 15) is 14.5 Å². The predicted molar refractivity (Wildman–Crippen MR) is 59.6 cm³/mol. The third-order valence-electron chi connectivity index (χ3n) is 2.46. The number of nitrogens with zero attached hydrogens (tertiary/aromatic N) is 1. The van der Waals surface area contributed by atoms with Crippen molar-refractivity contribution in [1.29, 1.82) is 0 Å². The molecule has 1 aromatic rings. The van der Waals surface area contributed by atoms with Gasteiger partial charge in [-0.3, -0.25) is 10.1 Å². The summed E-state index contributed by atoms with van der Waals surface area (Å²) < 4.78 is 13.4. The van der Waals surface area contributed by atoms with Gasteiger partial charge < -0.3 is 5.73 Å². The Morgan fingerprint density at radius 2 is 2.12 bits per heavy atom. The summed E-state index contributed by atoms with van der Waals surface area (Å²) in [5, 5.41) is 10.6. The highest BCUT2D eigenvalue weighted by Gasteiger charge is 2.20. The van der Waals surface area contributed by atoms with E-state index in [4.69, 9.17) is 5.73 Å². The predicted octanol–water partition coefficient (Wildman–Crippen LogP) is 2.26. The number of nitro benzene ring substituents is 1. The Morgan fingerprint density at radius 3 is 2.62 bits per heavy atom. The molecular weight excluding hydrogens is 211 g/mol. The minimum atomic E-state index is -0.529. The molecule has 0 atom stereocenters. The highest BCUT2D eigenvalue weighted by atomic mass is 19.1. The summed E-state index contributed by atoms with van der Waals surface area (Å²) in [5.41, 5.74) is 5.52. The number of rotatable bonds is 4. The zero-order valence-electron chi connectivity index (χ0n) is 9.37. The van der Waals surface area contributed by atoms with Crippen LogP contribution < -0.4 is 5.73 Å². The van der Waals surface area contributed by atoms with E-state index in [1.807, 2.05) is 13.8 Å². The third-order valence-corrected chi connectivity index (χ3v) is 2.46. The molecule has 1 rings (SSSR count). The molecule has 1 aromatic carbocycles. The molecule has 0 saturated heterocycles. The number of non-ortho nitro benzene ring substituents is 1. The Kier molecular flexibility index (Phi) is 3.59. The molecule has 0 saturated carbocycles. The van der Waals surface area contributed by atoms with E-state index in [1.54, 1.807) is 0 Å². The van der Waals surface area contributed by atoms with Crippen LogP contribution in [0.25, 0.3) is 0 Å². The van der Waals surface area contributed by atoms with Gasteiger partial charge in [-0.05, 0) is 30.0 Å². The van der Waals surface area contributed by atoms with Gasteiger partial charge in [0.25, 0.3) is 5.69 Å². The van der Waals surface area contributed by atoms with E-state index < -0.39 is 10.7 Å². The van der Waals surface area contributed by atoms with Crippen LogP contribution in [0.15, 0.2) is 18.2 Å². The fourth-order valence-corrected chi connectivity index (χ4v) is 1.40. The second-order valence-electron chi connectivity index (χ2n) is 4.58. The zero-order chi connectivity index (χ0) is 12.3. The Hall–Kier alpha value is -1.49. The molecule has 0 aliphatic rings. The quantitative estimate of drug-likeness (QED) is 0.632. The maximum atomic E-state index is 13.4. The minimum Gasteiger partial charge on any atom is -0.330 e. The normalized spacial score (nSPS) is 11.5. The SMILES string of the molecule is CC(C)(CN)Cc1cc([N+](=O)[O-])ccc1F. The smallest absolute Gasteiger partial charge is 0.269 e. The van der Waals surface area contributed by atoms with Gasteiger partial charge in [-0.1, -0.05) is 13.8 Å². The largest absolute Gasteiger partial charge is 0.330 e. The van der Waals surface area contributed by atoms with Gasteiger partial charge in [0, 0.05) is 12.1 Å². The summed E-state index contributed by atoms with van der Waals surface area (Å²) in [4.78, 5) is 10.0. The molecule has 0 aliphatic heterocycles. The molecule has 4 nitrogen and oxygen atoms in total. The van der Waals surface area contributed by atoms with Crippen LogP contribution in [0.3, 0.4) is 0 Å². The second kappa shape index (κ2) is 4.57. The first-order valence-corrected chi connectivity index (χ1v) is 4.98. The Bertz CT molecular complexity index is 405. The van der Waals surface area contributed by atoms with Crippen molar-refractivity contribution < 1.29 is 9.31 Å². The number of benzene rings is 1. The van der Waals surface area contributed by atoms with Crippen LogP contribution in [-0.4, -0.2) is 11.5 Å². The summed E-state index contributed by atoms with van der Waals surface area (Å²) >= 11 is 0.